The summed E-state index contributed by atoms with van der Waals surface area (Å²) in [5.41, 5.74) is 1.59. The second kappa shape index (κ2) is 4.30. The fourth-order valence-corrected chi connectivity index (χ4v) is 1.98. The van der Waals surface area contributed by atoms with E-state index in [1.165, 1.54) is 6.08 Å². The predicted molar refractivity (Wildman–Crippen MR) is 61.7 cm³/mol. The summed E-state index contributed by atoms with van der Waals surface area (Å²) in [5, 5.41) is 10.3. The Hall–Kier alpha value is -2.08. The standard InChI is InChI=1S/C12H10FN3O2/c13-8-3-4-14-11(6-8)12(17)7-1-2-9-10(5-7)16-18-15-9/h1-3,5,11,14H,4,6H2. The first kappa shape index (κ1) is 11.0. The van der Waals surface area contributed by atoms with Crippen LogP contribution >= 0.6 is 0 Å². The molecule has 0 saturated heterocycles. The number of carbonyl (C=O) groups excluding carboxylic acids is 1. The molecule has 1 unspecified atom stereocenters. The smallest absolute Gasteiger partial charge is 0.180 e. The Morgan fingerprint density at radius 3 is 3.06 bits per heavy atom. The SMILES string of the molecule is O=C(c1ccc2nonc2c1)C1CC(F)=CCN1. The van der Waals surface area contributed by atoms with Crippen molar-refractivity contribution in [2.45, 2.75) is 12.5 Å². The Morgan fingerprint density at radius 2 is 2.22 bits per heavy atom. The van der Waals surface area contributed by atoms with Crippen molar-refractivity contribution in [3.63, 3.8) is 0 Å². The molecule has 1 aliphatic heterocycles. The van der Waals surface area contributed by atoms with E-state index >= 15 is 0 Å². The first-order valence-electron chi connectivity index (χ1n) is 5.58. The molecule has 5 nitrogen and oxygen atoms in total. The Balaban J connectivity index is 1.89. The molecule has 0 radical (unpaired) electrons. The zero-order chi connectivity index (χ0) is 12.5. The number of nitrogens with zero attached hydrogens (tertiary/aromatic N) is 2. The first-order chi connectivity index (χ1) is 8.74. The number of carbonyl (C=O) groups is 1. The van der Waals surface area contributed by atoms with Gasteiger partial charge in [-0.05, 0) is 34.6 Å². The minimum absolute atomic E-state index is 0.0912. The lowest BCUT2D eigenvalue weighted by Gasteiger charge is -2.19. The van der Waals surface area contributed by atoms with Crippen LogP contribution in [0.3, 0.4) is 0 Å². The summed E-state index contributed by atoms with van der Waals surface area (Å²) in [5.74, 6) is -0.403. The van der Waals surface area contributed by atoms with Gasteiger partial charge >= 0.3 is 0 Å². The number of benzene rings is 1. The lowest BCUT2D eigenvalue weighted by atomic mass is 9.99. The lowest BCUT2D eigenvalue weighted by Crippen LogP contribution is -2.39. The van der Waals surface area contributed by atoms with Crippen LogP contribution in [0.4, 0.5) is 4.39 Å². The van der Waals surface area contributed by atoms with Crippen molar-refractivity contribution >= 4 is 16.8 Å². The molecule has 0 saturated carbocycles. The van der Waals surface area contributed by atoms with Gasteiger partial charge in [-0.25, -0.2) is 9.02 Å². The fourth-order valence-electron chi connectivity index (χ4n) is 1.98. The first-order valence-corrected chi connectivity index (χ1v) is 5.58. The van der Waals surface area contributed by atoms with E-state index < -0.39 is 6.04 Å². The highest BCUT2D eigenvalue weighted by Crippen LogP contribution is 2.18. The molecule has 0 aliphatic carbocycles. The molecule has 0 amide bonds. The minimum atomic E-state index is -0.521. The van der Waals surface area contributed by atoms with Gasteiger partial charge in [0.15, 0.2) is 5.78 Å². The highest BCUT2D eigenvalue weighted by molar-refractivity contribution is 6.02. The topological polar surface area (TPSA) is 68.0 Å². The van der Waals surface area contributed by atoms with Crippen molar-refractivity contribution < 1.29 is 13.8 Å². The fraction of sp³-hybridized carbons (Fsp3) is 0.250. The summed E-state index contributed by atoms with van der Waals surface area (Å²) in [7, 11) is 0. The number of fused-ring (bicyclic) bond motifs is 1. The van der Waals surface area contributed by atoms with Gasteiger partial charge < -0.3 is 5.32 Å². The molecule has 3 rings (SSSR count). The van der Waals surface area contributed by atoms with E-state index in [2.05, 4.69) is 20.3 Å². The van der Waals surface area contributed by atoms with Crippen LogP contribution in [0.2, 0.25) is 0 Å². The number of hydrogen-bond donors (Lipinski definition) is 1. The maximum absolute atomic E-state index is 13.1. The number of nitrogens with one attached hydrogen (secondary N) is 1. The summed E-state index contributed by atoms with van der Waals surface area (Å²) in [6.45, 7) is 0.371. The van der Waals surface area contributed by atoms with Gasteiger partial charge in [0.25, 0.3) is 0 Å². The van der Waals surface area contributed by atoms with Crippen LogP contribution in [0.1, 0.15) is 16.8 Å². The molecule has 2 aromatic rings. The van der Waals surface area contributed by atoms with Gasteiger partial charge in [-0.3, -0.25) is 4.79 Å². The van der Waals surface area contributed by atoms with Gasteiger partial charge in [0.05, 0.1) is 11.9 Å². The molecule has 1 aliphatic rings. The van der Waals surface area contributed by atoms with Crippen LogP contribution in [0.25, 0.3) is 11.0 Å². The molecule has 6 heteroatoms. The van der Waals surface area contributed by atoms with Crippen molar-refractivity contribution in [1.29, 1.82) is 0 Å². The average molecular weight is 247 g/mol. The van der Waals surface area contributed by atoms with Gasteiger partial charge in [0.1, 0.15) is 11.0 Å². The highest BCUT2D eigenvalue weighted by atomic mass is 19.1. The number of hydrogen-bond acceptors (Lipinski definition) is 5. The Morgan fingerprint density at radius 1 is 1.39 bits per heavy atom. The average Bonchev–Trinajstić information content (AvgIpc) is 2.85. The van der Waals surface area contributed by atoms with Crippen molar-refractivity contribution in [2.75, 3.05) is 6.54 Å². The van der Waals surface area contributed by atoms with E-state index in [1.54, 1.807) is 18.2 Å². The quantitative estimate of drug-likeness (QED) is 0.817. The van der Waals surface area contributed by atoms with Crippen molar-refractivity contribution in [3.05, 3.63) is 35.7 Å². The van der Waals surface area contributed by atoms with E-state index in [0.717, 1.165) is 0 Å². The zero-order valence-electron chi connectivity index (χ0n) is 9.39. The molecule has 0 fully saturated rings. The second-order valence-electron chi connectivity index (χ2n) is 4.15. The van der Waals surface area contributed by atoms with Crippen molar-refractivity contribution in [2.24, 2.45) is 0 Å². The van der Waals surface area contributed by atoms with E-state index in [-0.39, 0.29) is 18.0 Å². The summed E-state index contributed by atoms with van der Waals surface area (Å²) < 4.78 is 17.7. The molecule has 18 heavy (non-hydrogen) atoms. The molecule has 0 bridgehead atoms. The molecule has 1 atom stereocenters. The van der Waals surface area contributed by atoms with Crippen LogP contribution in [-0.4, -0.2) is 28.7 Å². The van der Waals surface area contributed by atoms with E-state index in [0.29, 0.717) is 23.1 Å². The number of Topliss-reactive ketones (excluding diaryl/α,β-unsaturated/α-hetero) is 1. The molecule has 0 spiro atoms. The van der Waals surface area contributed by atoms with Crippen LogP contribution < -0.4 is 5.32 Å². The van der Waals surface area contributed by atoms with Gasteiger partial charge in [0, 0.05) is 18.5 Å². The van der Waals surface area contributed by atoms with Gasteiger partial charge in [-0.2, -0.15) is 0 Å². The lowest BCUT2D eigenvalue weighted by molar-refractivity contribution is 0.0938. The van der Waals surface area contributed by atoms with Gasteiger partial charge in [0.2, 0.25) is 0 Å². The third-order valence-electron chi connectivity index (χ3n) is 2.94. The largest absolute Gasteiger partial charge is 0.303 e. The van der Waals surface area contributed by atoms with E-state index in [1.807, 2.05) is 0 Å². The zero-order valence-corrected chi connectivity index (χ0v) is 9.39. The number of halogens is 1. The third-order valence-corrected chi connectivity index (χ3v) is 2.94. The van der Waals surface area contributed by atoms with Crippen LogP contribution in [0, 0.1) is 0 Å². The Bertz CT molecular complexity index is 635. The summed E-state index contributed by atoms with van der Waals surface area (Å²) in [6.07, 6.45) is 1.53. The van der Waals surface area contributed by atoms with Crippen LogP contribution in [0.15, 0.2) is 34.7 Å². The summed E-state index contributed by atoms with van der Waals surface area (Å²) in [6, 6.07) is 4.39. The molecule has 2 heterocycles. The van der Waals surface area contributed by atoms with Crippen molar-refractivity contribution in [1.82, 2.24) is 15.6 Å². The normalized spacial score (nSPS) is 19.8. The minimum Gasteiger partial charge on any atom is -0.303 e. The third kappa shape index (κ3) is 1.91. The monoisotopic (exact) mass is 247 g/mol. The van der Waals surface area contributed by atoms with Crippen molar-refractivity contribution in [3.8, 4) is 0 Å². The second-order valence-corrected chi connectivity index (χ2v) is 4.15. The molecule has 1 aromatic heterocycles. The Kier molecular flexibility index (Phi) is 2.64. The molecular weight excluding hydrogens is 237 g/mol. The number of rotatable bonds is 2. The van der Waals surface area contributed by atoms with E-state index in [4.69, 9.17) is 0 Å². The molecule has 92 valence electrons. The number of aromatic nitrogens is 2. The van der Waals surface area contributed by atoms with Gasteiger partial charge in [-0.15, -0.1) is 0 Å². The maximum Gasteiger partial charge on any atom is 0.180 e. The van der Waals surface area contributed by atoms with E-state index in [9.17, 15) is 9.18 Å². The number of ketones is 1. The maximum atomic E-state index is 13.1. The molecule has 1 aromatic carbocycles. The van der Waals surface area contributed by atoms with Crippen LogP contribution in [0.5, 0.6) is 0 Å². The highest BCUT2D eigenvalue weighted by Gasteiger charge is 2.23. The molecule has 1 N–H and O–H groups in total. The Labute approximate surface area is 102 Å². The summed E-state index contributed by atoms with van der Waals surface area (Å²) >= 11 is 0. The summed E-state index contributed by atoms with van der Waals surface area (Å²) in [4.78, 5) is 12.2. The molecular formula is C12H10FN3O2. The predicted octanol–water partition coefficient (Wildman–Crippen LogP) is 1.62. The van der Waals surface area contributed by atoms with Crippen LogP contribution in [-0.2, 0) is 0 Å². The van der Waals surface area contributed by atoms with Gasteiger partial charge in [-0.1, -0.05) is 0 Å².